The Morgan fingerprint density at radius 3 is 2.61 bits per heavy atom. The van der Waals surface area contributed by atoms with Crippen LogP contribution in [0.5, 0.6) is 5.75 Å². The van der Waals surface area contributed by atoms with Gasteiger partial charge >= 0.3 is 0 Å². The van der Waals surface area contributed by atoms with E-state index in [1.54, 1.807) is 7.11 Å². The second kappa shape index (κ2) is 13.5. The number of guanidine groups is 1. The number of aliphatic imine (C=N–C) groups is 1. The molecule has 7 heteroatoms. The maximum Gasteiger partial charge on any atom is 0.191 e. The van der Waals surface area contributed by atoms with Gasteiger partial charge in [0.25, 0.3) is 0 Å². The van der Waals surface area contributed by atoms with Crippen molar-refractivity contribution in [3.63, 3.8) is 0 Å². The van der Waals surface area contributed by atoms with Crippen molar-refractivity contribution in [3.8, 4) is 5.75 Å². The quantitative estimate of drug-likeness (QED) is 0.307. The summed E-state index contributed by atoms with van der Waals surface area (Å²) in [5, 5.41) is 6.96. The summed E-state index contributed by atoms with van der Waals surface area (Å²) in [6.45, 7) is 7.18. The Morgan fingerprint density at radius 2 is 1.90 bits per heavy atom. The van der Waals surface area contributed by atoms with E-state index in [1.807, 2.05) is 25.2 Å². The van der Waals surface area contributed by atoms with E-state index in [2.05, 4.69) is 57.8 Å². The molecule has 2 aromatic rings. The minimum absolute atomic E-state index is 0. The van der Waals surface area contributed by atoms with Crippen LogP contribution in [0.3, 0.4) is 0 Å². The van der Waals surface area contributed by atoms with Crippen molar-refractivity contribution >= 4 is 29.9 Å². The van der Waals surface area contributed by atoms with Gasteiger partial charge in [-0.15, -0.1) is 24.0 Å². The number of methoxy groups -OCH3 is 1. The molecule has 1 heterocycles. The summed E-state index contributed by atoms with van der Waals surface area (Å²) < 4.78 is 11.0. The number of rotatable bonds is 8. The first kappa shape index (κ1) is 25.4. The maximum absolute atomic E-state index is 5.56. The Morgan fingerprint density at radius 1 is 1.13 bits per heavy atom. The first-order chi connectivity index (χ1) is 14.7. The number of nitrogens with zero attached hydrogens (tertiary/aromatic N) is 2. The lowest BCUT2D eigenvalue weighted by atomic mass is 10.0. The summed E-state index contributed by atoms with van der Waals surface area (Å²) in [5.41, 5.74) is 3.80. The molecule has 170 valence electrons. The zero-order chi connectivity index (χ0) is 21.2. The second-order valence-corrected chi connectivity index (χ2v) is 7.52. The lowest BCUT2D eigenvalue weighted by Gasteiger charge is -2.35. The number of hydrogen-bond acceptors (Lipinski definition) is 4. The molecule has 1 aliphatic heterocycles. The topological polar surface area (TPSA) is 58.1 Å². The number of halogens is 1. The molecule has 2 N–H and O–H groups in total. The van der Waals surface area contributed by atoms with E-state index in [9.17, 15) is 0 Å². The minimum Gasteiger partial charge on any atom is -0.496 e. The first-order valence-corrected chi connectivity index (χ1v) is 10.7. The standard InChI is InChI=1S/C24H34N4O2.HI/c1-19-7-6-9-21(17-19)22(28-13-15-30-16-14-28)18-27-24(25-2)26-12-11-20-8-4-5-10-23(20)29-3;/h4-10,17,22H,11-16,18H2,1-3H3,(H2,25,26,27);1H. The number of aryl methyl sites for hydroxylation is 1. The molecule has 6 nitrogen and oxygen atoms in total. The van der Waals surface area contributed by atoms with Crippen LogP contribution >= 0.6 is 24.0 Å². The molecular formula is C24H35IN4O2. The van der Waals surface area contributed by atoms with Gasteiger partial charge in [0.1, 0.15) is 5.75 Å². The molecule has 2 aromatic carbocycles. The molecule has 0 bridgehead atoms. The fraction of sp³-hybridized carbons (Fsp3) is 0.458. The normalized spacial score (nSPS) is 15.6. The summed E-state index contributed by atoms with van der Waals surface area (Å²) >= 11 is 0. The molecule has 1 atom stereocenters. The van der Waals surface area contributed by atoms with Crippen molar-refractivity contribution in [2.75, 3.05) is 53.6 Å². The highest BCUT2D eigenvalue weighted by atomic mass is 127. The van der Waals surface area contributed by atoms with Crippen molar-refractivity contribution in [2.45, 2.75) is 19.4 Å². The van der Waals surface area contributed by atoms with Gasteiger partial charge in [0, 0.05) is 33.2 Å². The first-order valence-electron chi connectivity index (χ1n) is 10.7. The van der Waals surface area contributed by atoms with E-state index in [-0.39, 0.29) is 30.0 Å². The molecule has 0 saturated carbocycles. The van der Waals surface area contributed by atoms with Gasteiger partial charge in [-0.3, -0.25) is 9.89 Å². The van der Waals surface area contributed by atoms with Crippen molar-refractivity contribution in [3.05, 3.63) is 65.2 Å². The van der Waals surface area contributed by atoms with Gasteiger partial charge in [0.05, 0.1) is 26.4 Å². The van der Waals surface area contributed by atoms with Crippen molar-refractivity contribution < 1.29 is 9.47 Å². The molecule has 1 aliphatic rings. The monoisotopic (exact) mass is 538 g/mol. The summed E-state index contributed by atoms with van der Waals surface area (Å²) in [6, 6.07) is 17.2. The van der Waals surface area contributed by atoms with Crippen LogP contribution in [0.4, 0.5) is 0 Å². The number of morpholine rings is 1. The average Bonchev–Trinajstić information content (AvgIpc) is 2.79. The predicted octanol–water partition coefficient (Wildman–Crippen LogP) is 3.40. The van der Waals surface area contributed by atoms with Crippen molar-refractivity contribution in [1.29, 1.82) is 0 Å². The smallest absolute Gasteiger partial charge is 0.191 e. The van der Waals surface area contributed by atoms with E-state index < -0.39 is 0 Å². The molecule has 0 radical (unpaired) electrons. The molecule has 0 aliphatic carbocycles. The highest BCUT2D eigenvalue weighted by Gasteiger charge is 2.23. The van der Waals surface area contributed by atoms with Crippen LogP contribution < -0.4 is 15.4 Å². The lowest BCUT2D eigenvalue weighted by Crippen LogP contribution is -2.46. The fourth-order valence-electron chi connectivity index (χ4n) is 3.86. The van der Waals surface area contributed by atoms with Crippen LogP contribution in [0, 0.1) is 6.92 Å². The van der Waals surface area contributed by atoms with Gasteiger partial charge in [-0.1, -0.05) is 48.0 Å². The Balaban J connectivity index is 0.00000341. The Kier molecular flexibility index (Phi) is 11.1. The number of ether oxygens (including phenoxy) is 2. The van der Waals surface area contributed by atoms with E-state index in [0.717, 1.165) is 57.5 Å². The van der Waals surface area contributed by atoms with E-state index in [0.29, 0.717) is 0 Å². The molecule has 3 rings (SSSR count). The third-order valence-corrected chi connectivity index (χ3v) is 5.48. The lowest BCUT2D eigenvalue weighted by molar-refractivity contribution is 0.0170. The number of hydrogen-bond donors (Lipinski definition) is 2. The van der Waals surface area contributed by atoms with Gasteiger partial charge in [-0.2, -0.15) is 0 Å². The highest BCUT2D eigenvalue weighted by Crippen LogP contribution is 2.22. The molecule has 1 unspecified atom stereocenters. The molecular weight excluding hydrogens is 503 g/mol. The Bertz CT molecular complexity index is 825. The summed E-state index contributed by atoms with van der Waals surface area (Å²) in [4.78, 5) is 6.90. The summed E-state index contributed by atoms with van der Waals surface area (Å²) in [7, 11) is 3.53. The maximum atomic E-state index is 5.56. The SMILES string of the molecule is CN=C(NCCc1ccccc1OC)NCC(c1cccc(C)c1)N1CCOCC1.I. The molecule has 0 spiro atoms. The van der Waals surface area contributed by atoms with Gasteiger partial charge < -0.3 is 20.1 Å². The minimum atomic E-state index is 0. The summed E-state index contributed by atoms with van der Waals surface area (Å²) in [6.07, 6.45) is 0.871. The van der Waals surface area contributed by atoms with Crippen LogP contribution in [0.1, 0.15) is 22.7 Å². The fourth-order valence-corrected chi connectivity index (χ4v) is 3.86. The Hall–Kier alpha value is -1.84. The van der Waals surface area contributed by atoms with E-state index >= 15 is 0 Å². The third-order valence-electron chi connectivity index (χ3n) is 5.48. The number of nitrogens with one attached hydrogen (secondary N) is 2. The second-order valence-electron chi connectivity index (χ2n) is 7.52. The number of benzene rings is 2. The zero-order valence-corrected chi connectivity index (χ0v) is 21.1. The summed E-state index contributed by atoms with van der Waals surface area (Å²) in [5.74, 6) is 1.74. The van der Waals surface area contributed by atoms with Gasteiger partial charge in [-0.25, -0.2) is 0 Å². The highest BCUT2D eigenvalue weighted by molar-refractivity contribution is 14.0. The van der Waals surface area contributed by atoms with Gasteiger partial charge in [0.2, 0.25) is 0 Å². The Labute approximate surface area is 203 Å². The number of para-hydroxylation sites is 1. The third kappa shape index (κ3) is 7.66. The van der Waals surface area contributed by atoms with Crippen LogP contribution in [-0.2, 0) is 11.2 Å². The van der Waals surface area contributed by atoms with Gasteiger partial charge in [-0.05, 0) is 30.5 Å². The van der Waals surface area contributed by atoms with Crippen LogP contribution in [0.15, 0.2) is 53.5 Å². The molecule has 1 fully saturated rings. The zero-order valence-electron chi connectivity index (χ0n) is 18.8. The predicted molar refractivity (Wildman–Crippen MR) is 138 cm³/mol. The van der Waals surface area contributed by atoms with E-state index in [1.165, 1.54) is 16.7 Å². The van der Waals surface area contributed by atoms with Crippen LogP contribution in [0.2, 0.25) is 0 Å². The average molecular weight is 538 g/mol. The van der Waals surface area contributed by atoms with Crippen molar-refractivity contribution in [2.24, 2.45) is 4.99 Å². The van der Waals surface area contributed by atoms with Crippen LogP contribution in [0.25, 0.3) is 0 Å². The molecule has 1 saturated heterocycles. The largest absolute Gasteiger partial charge is 0.496 e. The van der Waals surface area contributed by atoms with Crippen molar-refractivity contribution in [1.82, 2.24) is 15.5 Å². The van der Waals surface area contributed by atoms with Gasteiger partial charge in [0.15, 0.2) is 5.96 Å². The van der Waals surface area contributed by atoms with E-state index in [4.69, 9.17) is 9.47 Å². The van der Waals surface area contributed by atoms with Crippen LogP contribution in [-0.4, -0.2) is 64.4 Å². The molecule has 0 aromatic heterocycles. The molecule has 0 amide bonds. The molecule has 31 heavy (non-hydrogen) atoms.